The monoisotopic (exact) mass is 251 g/mol. The van der Waals surface area contributed by atoms with Crippen LogP contribution in [0, 0.1) is 5.92 Å². The normalized spacial score (nSPS) is 15.1. The van der Waals surface area contributed by atoms with Gasteiger partial charge in [-0.15, -0.1) is 0 Å². The van der Waals surface area contributed by atoms with E-state index in [1.165, 1.54) is 0 Å². The van der Waals surface area contributed by atoms with Crippen LogP contribution in [-0.4, -0.2) is 47.2 Å². The van der Waals surface area contributed by atoms with Crippen LogP contribution >= 0.6 is 0 Å². The van der Waals surface area contributed by atoms with Crippen molar-refractivity contribution in [1.29, 1.82) is 0 Å². The summed E-state index contributed by atoms with van der Waals surface area (Å²) in [6, 6.07) is 0. The SMILES string of the molecule is CC(C)C(C)OC(=O)COC[C@@H](C)ON(O)O. The van der Waals surface area contributed by atoms with Gasteiger partial charge < -0.3 is 9.47 Å². The van der Waals surface area contributed by atoms with Gasteiger partial charge in [-0.1, -0.05) is 13.8 Å². The Labute approximate surface area is 101 Å². The van der Waals surface area contributed by atoms with Gasteiger partial charge in [-0.3, -0.25) is 10.4 Å². The fraction of sp³-hybridized carbons (Fsp3) is 0.900. The van der Waals surface area contributed by atoms with Crippen LogP contribution in [0.15, 0.2) is 0 Å². The summed E-state index contributed by atoms with van der Waals surface area (Å²) in [5.41, 5.74) is 0. The lowest BCUT2D eigenvalue weighted by atomic mass is 10.1. The van der Waals surface area contributed by atoms with E-state index in [1.54, 1.807) is 6.92 Å². The van der Waals surface area contributed by atoms with Crippen molar-refractivity contribution in [3.05, 3.63) is 0 Å². The van der Waals surface area contributed by atoms with E-state index >= 15 is 0 Å². The smallest absolute Gasteiger partial charge is 0.332 e. The Morgan fingerprint density at radius 3 is 2.29 bits per heavy atom. The Bertz CT molecular complexity index is 221. The van der Waals surface area contributed by atoms with Crippen LogP contribution in [0.5, 0.6) is 0 Å². The van der Waals surface area contributed by atoms with Gasteiger partial charge in [0.1, 0.15) is 18.8 Å². The second kappa shape index (κ2) is 8.37. The molecule has 0 aliphatic carbocycles. The highest BCUT2D eigenvalue weighted by Crippen LogP contribution is 2.05. The molecule has 102 valence electrons. The standard InChI is InChI=1S/C10H21NO6/c1-7(2)9(4)16-10(12)6-15-5-8(3)17-11(13)14/h7-9,13-14H,5-6H2,1-4H3/t8-,9?/m1/s1. The van der Waals surface area contributed by atoms with Crippen LogP contribution in [0.2, 0.25) is 0 Å². The minimum Gasteiger partial charge on any atom is -0.461 e. The molecule has 0 saturated heterocycles. The molecular weight excluding hydrogens is 230 g/mol. The van der Waals surface area contributed by atoms with Gasteiger partial charge in [0, 0.05) is 0 Å². The first-order chi connectivity index (χ1) is 7.82. The van der Waals surface area contributed by atoms with Crippen LogP contribution in [0.4, 0.5) is 0 Å². The first-order valence-electron chi connectivity index (χ1n) is 5.44. The van der Waals surface area contributed by atoms with Crippen molar-refractivity contribution >= 4 is 5.97 Å². The van der Waals surface area contributed by atoms with Gasteiger partial charge in [-0.05, 0) is 19.8 Å². The van der Waals surface area contributed by atoms with E-state index in [0.717, 1.165) is 0 Å². The van der Waals surface area contributed by atoms with Crippen LogP contribution in [0.1, 0.15) is 27.7 Å². The molecule has 0 aliphatic rings. The zero-order chi connectivity index (χ0) is 13.4. The van der Waals surface area contributed by atoms with Gasteiger partial charge in [-0.25, -0.2) is 9.63 Å². The summed E-state index contributed by atoms with van der Waals surface area (Å²) < 4.78 is 10.1. The zero-order valence-electron chi connectivity index (χ0n) is 10.6. The van der Waals surface area contributed by atoms with E-state index < -0.39 is 17.5 Å². The van der Waals surface area contributed by atoms with Crippen molar-refractivity contribution in [2.45, 2.75) is 39.9 Å². The Kier molecular flexibility index (Phi) is 8.01. The van der Waals surface area contributed by atoms with Crippen LogP contribution < -0.4 is 0 Å². The van der Waals surface area contributed by atoms with Crippen LogP contribution in [0.25, 0.3) is 0 Å². The molecule has 0 fully saturated rings. The summed E-state index contributed by atoms with van der Waals surface area (Å²) in [6.07, 6.45) is -0.745. The number of rotatable bonds is 8. The molecule has 0 aromatic carbocycles. The quantitative estimate of drug-likeness (QED) is 0.491. The lowest BCUT2D eigenvalue weighted by Crippen LogP contribution is -2.28. The molecule has 0 spiro atoms. The molecule has 0 radical (unpaired) electrons. The second-order valence-corrected chi connectivity index (χ2v) is 4.12. The Hall–Kier alpha value is -0.730. The van der Waals surface area contributed by atoms with E-state index in [4.69, 9.17) is 19.9 Å². The third kappa shape index (κ3) is 9.02. The van der Waals surface area contributed by atoms with E-state index in [-0.39, 0.29) is 25.2 Å². The summed E-state index contributed by atoms with van der Waals surface area (Å²) in [7, 11) is 0. The molecule has 0 amide bonds. The number of carbonyl (C=O) groups is 1. The van der Waals surface area contributed by atoms with Crippen molar-refractivity contribution in [3.8, 4) is 0 Å². The van der Waals surface area contributed by atoms with Crippen LogP contribution in [0.3, 0.4) is 0 Å². The third-order valence-electron chi connectivity index (χ3n) is 2.10. The Morgan fingerprint density at radius 2 is 1.82 bits per heavy atom. The molecule has 7 nitrogen and oxygen atoms in total. The van der Waals surface area contributed by atoms with Gasteiger partial charge in [0.2, 0.25) is 0 Å². The highest BCUT2D eigenvalue weighted by molar-refractivity contribution is 5.70. The number of esters is 1. The summed E-state index contributed by atoms with van der Waals surface area (Å²) in [5.74, 6) is -0.207. The molecule has 0 bridgehead atoms. The molecule has 7 heteroatoms. The highest BCUT2D eigenvalue weighted by atomic mass is 17.1. The molecule has 0 aromatic rings. The maximum Gasteiger partial charge on any atom is 0.332 e. The van der Waals surface area contributed by atoms with Gasteiger partial charge >= 0.3 is 5.97 Å². The molecule has 2 atom stereocenters. The highest BCUT2D eigenvalue weighted by Gasteiger charge is 2.14. The molecule has 0 saturated carbocycles. The molecule has 0 rings (SSSR count). The summed E-state index contributed by atoms with van der Waals surface area (Å²) >= 11 is 0. The maximum atomic E-state index is 11.3. The van der Waals surface area contributed by atoms with E-state index in [1.807, 2.05) is 20.8 Å². The fourth-order valence-electron chi connectivity index (χ4n) is 0.877. The Balaban J connectivity index is 3.64. The van der Waals surface area contributed by atoms with Gasteiger partial charge in [0.25, 0.3) is 0 Å². The topological polar surface area (TPSA) is 88.5 Å². The largest absolute Gasteiger partial charge is 0.461 e. The second-order valence-electron chi connectivity index (χ2n) is 4.12. The average molecular weight is 251 g/mol. The third-order valence-corrected chi connectivity index (χ3v) is 2.10. The predicted molar refractivity (Wildman–Crippen MR) is 57.2 cm³/mol. The molecule has 2 N–H and O–H groups in total. The number of ether oxygens (including phenoxy) is 2. The molecule has 1 unspecified atom stereocenters. The fourth-order valence-corrected chi connectivity index (χ4v) is 0.877. The first kappa shape index (κ1) is 16.3. The molecular formula is C10H21NO6. The van der Waals surface area contributed by atoms with E-state index in [2.05, 4.69) is 4.84 Å². The maximum absolute atomic E-state index is 11.3. The van der Waals surface area contributed by atoms with Gasteiger partial charge in [0.15, 0.2) is 0 Å². The zero-order valence-corrected chi connectivity index (χ0v) is 10.6. The summed E-state index contributed by atoms with van der Waals surface area (Å²) in [5, 5.41) is 16.3. The number of hydrogen-bond donors (Lipinski definition) is 2. The molecule has 0 aliphatic heterocycles. The van der Waals surface area contributed by atoms with Gasteiger partial charge in [0.05, 0.1) is 12.0 Å². The number of hydrogen-bond acceptors (Lipinski definition) is 7. The minimum atomic E-state index is -0.583. The predicted octanol–water partition coefficient (Wildman–Crippen LogP) is 0.991. The minimum absolute atomic E-state index is 0.0444. The van der Waals surface area contributed by atoms with Crippen molar-refractivity contribution in [2.75, 3.05) is 13.2 Å². The Morgan fingerprint density at radius 1 is 1.24 bits per heavy atom. The summed E-state index contributed by atoms with van der Waals surface area (Å²) in [6.45, 7) is 7.12. The molecule has 0 aromatic heterocycles. The van der Waals surface area contributed by atoms with Crippen molar-refractivity contribution in [3.63, 3.8) is 0 Å². The molecule has 0 heterocycles. The van der Waals surface area contributed by atoms with Gasteiger partial charge in [-0.2, -0.15) is 0 Å². The van der Waals surface area contributed by atoms with Crippen molar-refractivity contribution in [1.82, 2.24) is 5.39 Å². The van der Waals surface area contributed by atoms with Crippen molar-refractivity contribution in [2.24, 2.45) is 5.92 Å². The summed E-state index contributed by atoms with van der Waals surface area (Å²) in [4.78, 5) is 15.7. The average Bonchev–Trinajstić information content (AvgIpc) is 2.15. The van der Waals surface area contributed by atoms with Crippen LogP contribution in [-0.2, 0) is 19.1 Å². The number of nitrogens with zero attached hydrogens (tertiary/aromatic N) is 1. The lowest BCUT2D eigenvalue weighted by molar-refractivity contribution is -0.504. The van der Waals surface area contributed by atoms with Crippen molar-refractivity contribution < 1.29 is 29.5 Å². The van der Waals surface area contributed by atoms with E-state index in [0.29, 0.717) is 0 Å². The number of carbonyl (C=O) groups excluding carboxylic acids is 1. The van der Waals surface area contributed by atoms with E-state index in [9.17, 15) is 4.79 Å². The first-order valence-corrected chi connectivity index (χ1v) is 5.44. The lowest BCUT2D eigenvalue weighted by Gasteiger charge is -2.17. The molecule has 17 heavy (non-hydrogen) atoms.